The average molecular weight is 377 g/mol. The zero-order valence-electron chi connectivity index (χ0n) is 14.0. The van der Waals surface area contributed by atoms with Crippen LogP contribution in [0.1, 0.15) is 37.2 Å². The van der Waals surface area contributed by atoms with E-state index in [0.29, 0.717) is 33.0 Å². The van der Waals surface area contributed by atoms with E-state index in [4.69, 9.17) is 23.2 Å². The van der Waals surface area contributed by atoms with Crippen LogP contribution < -0.4 is 5.32 Å². The molecule has 7 heteroatoms. The molecule has 3 heterocycles. The second-order valence-corrected chi connectivity index (χ2v) is 6.62. The van der Waals surface area contributed by atoms with Gasteiger partial charge in [-0.2, -0.15) is 0 Å². The molecule has 3 aromatic rings. The molecule has 0 fully saturated rings. The van der Waals surface area contributed by atoms with Crippen LogP contribution in [0.4, 0.5) is 11.6 Å². The Morgan fingerprint density at radius 2 is 1.88 bits per heavy atom. The molecule has 0 aromatic carbocycles. The van der Waals surface area contributed by atoms with Crippen LogP contribution in [0, 0.1) is 5.92 Å². The smallest absolute Gasteiger partial charge is 0.188 e. The Morgan fingerprint density at radius 1 is 1.16 bits per heavy atom. The molecular weight excluding hydrogens is 359 g/mol. The third kappa shape index (κ3) is 3.62. The van der Waals surface area contributed by atoms with E-state index in [1.54, 1.807) is 41.1 Å². The molecular formula is C18H18Cl2N4O. The van der Waals surface area contributed by atoms with Crippen LogP contribution in [0.3, 0.4) is 0 Å². The van der Waals surface area contributed by atoms with Crippen LogP contribution in [0.2, 0.25) is 10.0 Å². The highest BCUT2D eigenvalue weighted by molar-refractivity contribution is 6.30. The van der Waals surface area contributed by atoms with Gasteiger partial charge in [0, 0.05) is 18.3 Å². The molecule has 0 radical (unpaired) electrons. The highest BCUT2D eigenvalue weighted by atomic mass is 35.5. The predicted octanol–water partition coefficient (Wildman–Crippen LogP) is 5.40. The predicted molar refractivity (Wildman–Crippen MR) is 101 cm³/mol. The number of pyridine rings is 2. The molecule has 0 saturated carbocycles. The van der Waals surface area contributed by atoms with Crippen LogP contribution in [0.5, 0.6) is 0 Å². The molecule has 0 aliphatic rings. The molecule has 5 nitrogen and oxygen atoms in total. The Morgan fingerprint density at radius 3 is 2.52 bits per heavy atom. The number of aromatic nitrogens is 3. The summed E-state index contributed by atoms with van der Waals surface area (Å²) in [7, 11) is 0. The molecule has 0 unspecified atom stereocenters. The van der Waals surface area contributed by atoms with Gasteiger partial charge in [0.15, 0.2) is 5.78 Å². The lowest BCUT2D eigenvalue weighted by atomic mass is 9.96. The summed E-state index contributed by atoms with van der Waals surface area (Å²) in [5, 5.41) is 4.28. The fraction of sp³-hybridized carbons (Fsp3) is 0.278. The minimum Gasteiger partial charge on any atom is -0.324 e. The topological polar surface area (TPSA) is 59.3 Å². The van der Waals surface area contributed by atoms with Crippen molar-refractivity contribution < 1.29 is 4.79 Å². The summed E-state index contributed by atoms with van der Waals surface area (Å²) in [6.45, 7) is 4.01. The molecule has 0 amide bonds. The minimum absolute atomic E-state index is 0.0151. The van der Waals surface area contributed by atoms with Crippen molar-refractivity contribution in [1.29, 1.82) is 0 Å². The number of rotatable bonds is 6. The Kier molecular flexibility index (Phi) is 5.25. The van der Waals surface area contributed by atoms with Gasteiger partial charge in [-0.05, 0) is 37.1 Å². The van der Waals surface area contributed by atoms with E-state index in [1.165, 1.54) is 0 Å². The Balaban J connectivity index is 2.12. The van der Waals surface area contributed by atoms with Gasteiger partial charge in [0.2, 0.25) is 0 Å². The van der Waals surface area contributed by atoms with Crippen LogP contribution in [0.25, 0.3) is 5.65 Å². The van der Waals surface area contributed by atoms with Gasteiger partial charge in [0.1, 0.15) is 23.0 Å². The Hall–Kier alpha value is -2.11. The number of Topliss-reactive ketones (excluding diaryl/α,β-unsaturated/α-hetero) is 1. The van der Waals surface area contributed by atoms with Gasteiger partial charge in [-0.25, -0.2) is 9.97 Å². The lowest BCUT2D eigenvalue weighted by molar-refractivity contribution is 0.0910. The number of anilines is 2. The third-order valence-electron chi connectivity index (χ3n) is 4.15. The molecule has 0 spiro atoms. The molecule has 1 N–H and O–H groups in total. The number of carbonyl (C=O) groups is 1. The van der Waals surface area contributed by atoms with E-state index in [0.717, 1.165) is 12.8 Å². The molecule has 3 rings (SSSR count). The van der Waals surface area contributed by atoms with Crippen molar-refractivity contribution in [2.75, 3.05) is 5.32 Å². The second kappa shape index (κ2) is 7.42. The van der Waals surface area contributed by atoms with Crippen molar-refractivity contribution in [2.45, 2.75) is 26.7 Å². The first-order valence-corrected chi connectivity index (χ1v) is 8.89. The van der Waals surface area contributed by atoms with Crippen LogP contribution in [-0.4, -0.2) is 20.2 Å². The first-order chi connectivity index (χ1) is 12.0. The monoisotopic (exact) mass is 376 g/mol. The van der Waals surface area contributed by atoms with E-state index >= 15 is 0 Å². The minimum atomic E-state index is -0.0703. The fourth-order valence-electron chi connectivity index (χ4n) is 2.73. The molecule has 0 aliphatic heterocycles. The highest BCUT2D eigenvalue weighted by Gasteiger charge is 2.25. The van der Waals surface area contributed by atoms with Gasteiger partial charge in [-0.1, -0.05) is 37.0 Å². The SMILES string of the molecule is CCC(CC)C(=O)c1nc2ccc(Cl)cn2c1Nc1ccc(Cl)cn1. The molecule has 25 heavy (non-hydrogen) atoms. The largest absolute Gasteiger partial charge is 0.324 e. The molecule has 0 bridgehead atoms. The van der Waals surface area contributed by atoms with Gasteiger partial charge in [-0.15, -0.1) is 0 Å². The number of nitrogens with one attached hydrogen (secondary N) is 1. The molecule has 0 atom stereocenters. The van der Waals surface area contributed by atoms with Crippen LogP contribution in [0.15, 0.2) is 36.7 Å². The van der Waals surface area contributed by atoms with Crippen molar-refractivity contribution in [2.24, 2.45) is 5.92 Å². The summed E-state index contributed by atoms with van der Waals surface area (Å²) in [4.78, 5) is 21.7. The van der Waals surface area contributed by atoms with Crippen molar-refractivity contribution in [3.63, 3.8) is 0 Å². The number of nitrogens with zero attached hydrogens (tertiary/aromatic N) is 3. The van der Waals surface area contributed by atoms with Gasteiger partial charge in [-0.3, -0.25) is 9.20 Å². The second-order valence-electron chi connectivity index (χ2n) is 5.75. The summed E-state index contributed by atoms with van der Waals surface area (Å²) in [5.41, 5.74) is 1.04. The number of hydrogen-bond donors (Lipinski definition) is 1. The van der Waals surface area contributed by atoms with E-state index in [9.17, 15) is 4.79 Å². The van der Waals surface area contributed by atoms with E-state index in [1.807, 2.05) is 13.8 Å². The van der Waals surface area contributed by atoms with E-state index in [2.05, 4.69) is 15.3 Å². The number of fused-ring (bicyclic) bond motifs is 1. The Bertz CT molecular complexity index is 901. The number of imidazole rings is 1. The number of hydrogen-bond acceptors (Lipinski definition) is 4. The first-order valence-electron chi connectivity index (χ1n) is 8.13. The summed E-state index contributed by atoms with van der Waals surface area (Å²) in [5.74, 6) is 1.08. The maximum Gasteiger partial charge on any atom is 0.188 e. The lowest BCUT2D eigenvalue weighted by Crippen LogP contribution is -2.15. The maximum atomic E-state index is 12.9. The first kappa shape index (κ1) is 17.7. The van der Waals surface area contributed by atoms with Gasteiger partial charge in [0.25, 0.3) is 0 Å². The van der Waals surface area contributed by atoms with E-state index in [-0.39, 0.29) is 11.7 Å². The standard InChI is InChI=1S/C18H18Cl2N4O/c1-3-11(4-2)17(25)16-18(22-14-7-5-12(19)9-21-14)24-10-13(20)6-8-15(24)23-16/h5-11H,3-4H2,1-2H3,(H,21,22). The van der Waals surface area contributed by atoms with E-state index < -0.39 is 0 Å². The summed E-state index contributed by atoms with van der Waals surface area (Å²) >= 11 is 12.0. The normalized spacial score (nSPS) is 11.2. The average Bonchev–Trinajstić information content (AvgIpc) is 2.95. The van der Waals surface area contributed by atoms with Crippen LogP contribution in [-0.2, 0) is 0 Å². The Labute approximate surface area is 156 Å². The van der Waals surface area contributed by atoms with Crippen molar-refractivity contribution in [1.82, 2.24) is 14.4 Å². The van der Waals surface area contributed by atoms with Crippen LogP contribution >= 0.6 is 23.2 Å². The summed E-state index contributed by atoms with van der Waals surface area (Å²) in [6, 6.07) is 7.01. The van der Waals surface area contributed by atoms with Crippen molar-refractivity contribution in [3.05, 3.63) is 52.4 Å². The molecule has 0 saturated heterocycles. The van der Waals surface area contributed by atoms with Gasteiger partial charge >= 0.3 is 0 Å². The fourth-order valence-corrected chi connectivity index (χ4v) is 3.01. The summed E-state index contributed by atoms with van der Waals surface area (Å²) < 4.78 is 1.77. The molecule has 130 valence electrons. The molecule has 3 aromatic heterocycles. The van der Waals surface area contributed by atoms with Gasteiger partial charge in [0.05, 0.1) is 10.0 Å². The van der Waals surface area contributed by atoms with Crippen molar-refractivity contribution in [3.8, 4) is 0 Å². The molecule has 0 aliphatic carbocycles. The zero-order valence-corrected chi connectivity index (χ0v) is 15.5. The van der Waals surface area contributed by atoms with Gasteiger partial charge < -0.3 is 5.32 Å². The summed E-state index contributed by atoms with van der Waals surface area (Å²) in [6.07, 6.45) is 4.81. The number of ketones is 1. The maximum absolute atomic E-state index is 12.9. The number of halogens is 2. The van der Waals surface area contributed by atoms with Crippen molar-refractivity contribution >= 4 is 46.3 Å². The quantitative estimate of drug-likeness (QED) is 0.585. The number of carbonyl (C=O) groups excluding carboxylic acids is 1. The zero-order chi connectivity index (χ0) is 18.0. The third-order valence-corrected chi connectivity index (χ3v) is 4.59. The lowest BCUT2D eigenvalue weighted by Gasteiger charge is -2.12. The highest BCUT2D eigenvalue weighted by Crippen LogP contribution is 2.27.